The number of carbonyl (C=O) groups is 2. The lowest BCUT2D eigenvalue weighted by molar-refractivity contribution is -0.384. The second-order valence-electron chi connectivity index (χ2n) is 10.4. The van der Waals surface area contributed by atoms with Gasteiger partial charge in [0.05, 0.1) is 30.2 Å². The first-order chi connectivity index (χ1) is 19.9. The Kier molecular flexibility index (Phi) is 8.78. The molecular formula is C29H34N6O6. The summed E-state index contributed by atoms with van der Waals surface area (Å²) in [4.78, 5) is 44.9. The van der Waals surface area contributed by atoms with Crippen molar-refractivity contribution in [1.29, 1.82) is 0 Å². The number of aromatic nitrogens is 2. The van der Waals surface area contributed by atoms with Gasteiger partial charge in [-0.1, -0.05) is 30.3 Å². The zero-order valence-electron chi connectivity index (χ0n) is 22.7. The molecule has 41 heavy (non-hydrogen) atoms. The van der Waals surface area contributed by atoms with E-state index in [9.17, 15) is 24.8 Å². The van der Waals surface area contributed by atoms with Crippen LogP contribution in [0.15, 0.2) is 61.1 Å². The van der Waals surface area contributed by atoms with Crippen molar-refractivity contribution in [2.24, 2.45) is 5.92 Å². The van der Waals surface area contributed by atoms with Gasteiger partial charge in [0.2, 0.25) is 5.91 Å². The van der Waals surface area contributed by atoms with Crippen LogP contribution in [0.1, 0.15) is 24.1 Å². The van der Waals surface area contributed by atoms with Crippen LogP contribution in [0.3, 0.4) is 0 Å². The van der Waals surface area contributed by atoms with E-state index in [2.05, 4.69) is 15.2 Å². The molecule has 0 bridgehead atoms. The number of imidazole rings is 1. The number of nitrogens with one attached hydrogen (secondary N) is 1. The largest absolute Gasteiger partial charge is 0.480 e. The zero-order valence-corrected chi connectivity index (χ0v) is 22.7. The number of nitrogens with zero attached hydrogens (tertiary/aromatic N) is 5. The average molecular weight is 563 g/mol. The van der Waals surface area contributed by atoms with Crippen LogP contribution in [0.5, 0.6) is 0 Å². The number of amides is 1. The van der Waals surface area contributed by atoms with Gasteiger partial charge in [0.1, 0.15) is 11.7 Å². The third-order valence-corrected chi connectivity index (χ3v) is 7.66. The molecule has 2 aromatic carbocycles. The molecule has 2 N–H and O–H groups in total. The van der Waals surface area contributed by atoms with E-state index in [0.29, 0.717) is 57.1 Å². The number of aliphatic carboxylic acids is 1. The number of benzene rings is 2. The van der Waals surface area contributed by atoms with Gasteiger partial charge in [-0.25, -0.2) is 9.78 Å². The van der Waals surface area contributed by atoms with E-state index < -0.39 is 12.0 Å². The van der Waals surface area contributed by atoms with Gasteiger partial charge >= 0.3 is 5.97 Å². The van der Waals surface area contributed by atoms with Crippen LogP contribution in [0.25, 0.3) is 0 Å². The minimum absolute atomic E-state index is 0.0301. The maximum atomic E-state index is 13.1. The average Bonchev–Trinajstić information content (AvgIpc) is 3.44. The summed E-state index contributed by atoms with van der Waals surface area (Å²) in [6.07, 6.45) is 4.45. The van der Waals surface area contributed by atoms with E-state index in [0.717, 1.165) is 24.3 Å². The van der Waals surface area contributed by atoms with Gasteiger partial charge in [-0.05, 0) is 30.5 Å². The Morgan fingerprint density at radius 1 is 1.07 bits per heavy atom. The molecule has 2 aliphatic rings. The van der Waals surface area contributed by atoms with Gasteiger partial charge in [-0.3, -0.25) is 14.9 Å². The monoisotopic (exact) mass is 562 g/mol. The van der Waals surface area contributed by atoms with Gasteiger partial charge in [0.25, 0.3) is 5.69 Å². The molecule has 0 unspecified atom stereocenters. The lowest BCUT2D eigenvalue weighted by atomic mass is 9.94. The lowest BCUT2D eigenvalue weighted by Crippen LogP contribution is -2.47. The first-order valence-electron chi connectivity index (χ1n) is 13.8. The summed E-state index contributed by atoms with van der Waals surface area (Å²) in [6, 6.07) is 13.9. The second-order valence-corrected chi connectivity index (χ2v) is 10.4. The van der Waals surface area contributed by atoms with Crippen molar-refractivity contribution in [2.75, 3.05) is 49.2 Å². The zero-order chi connectivity index (χ0) is 28.8. The van der Waals surface area contributed by atoms with Gasteiger partial charge in [-0.2, -0.15) is 0 Å². The van der Waals surface area contributed by atoms with Crippen LogP contribution in [-0.4, -0.2) is 76.9 Å². The fourth-order valence-corrected chi connectivity index (χ4v) is 5.41. The fourth-order valence-electron chi connectivity index (χ4n) is 5.41. The number of rotatable bonds is 10. The molecule has 1 aromatic heterocycles. The van der Waals surface area contributed by atoms with Gasteiger partial charge in [0.15, 0.2) is 0 Å². The van der Waals surface area contributed by atoms with Crippen LogP contribution in [0.4, 0.5) is 17.1 Å². The molecule has 1 amide bonds. The Hall–Kier alpha value is -4.45. The van der Waals surface area contributed by atoms with Crippen LogP contribution >= 0.6 is 0 Å². The number of nitro benzene ring substituents is 1. The SMILES string of the molecule is O=C(N[C@@H](Cc1cn(Cc2ccccc2)cn1)C(=O)O)C1CCN(c2cc(N3CCOCC3)ccc2[N+](=O)[O-])CC1. The molecule has 3 heterocycles. The highest BCUT2D eigenvalue weighted by atomic mass is 16.6. The highest BCUT2D eigenvalue weighted by molar-refractivity contribution is 5.85. The maximum absolute atomic E-state index is 13.1. The summed E-state index contributed by atoms with van der Waals surface area (Å²) in [5, 5.41) is 24.3. The maximum Gasteiger partial charge on any atom is 0.326 e. The number of carboxylic acids is 1. The molecule has 5 rings (SSSR count). The minimum Gasteiger partial charge on any atom is -0.480 e. The van der Waals surface area contributed by atoms with E-state index >= 15 is 0 Å². The fraction of sp³-hybridized carbons (Fsp3) is 0.414. The number of carboxylic acid groups (broad SMARTS) is 1. The lowest BCUT2D eigenvalue weighted by Gasteiger charge is -2.34. The number of carbonyl (C=O) groups excluding carboxylic acids is 1. The predicted molar refractivity (Wildman–Crippen MR) is 152 cm³/mol. The van der Waals surface area contributed by atoms with E-state index in [4.69, 9.17) is 4.74 Å². The summed E-state index contributed by atoms with van der Waals surface area (Å²) in [6.45, 7) is 4.18. The Morgan fingerprint density at radius 3 is 2.49 bits per heavy atom. The number of nitro groups is 1. The second kappa shape index (κ2) is 12.8. The van der Waals surface area contributed by atoms with Crippen molar-refractivity contribution in [2.45, 2.75) is 31.8 Å². The number of morpholine rings is 1. The van der Waals surface area contributed by atoms with Crippen LogP contribution in [0.2, 0.25) is 0 Å². The number of piperidine rings is 1. The highest BCUT2D eigenvalue weighted by Gasteiger charge is 2.31. The summed E-state index contributed by atoms with van der Waals surface area (Å²) >= 11 is 0. The highest BCUT2D eigenvalue weighted by Crippen LogP contribution is 2.35. The Bertz CT molecular complexity index is 1370. The van der Waals surface area contributed by atoms with Crippen molar-refractivity contribution < 1.29 is 24.4 Å². The molecule has 2 saturated heterocycles. The number of hydrogen-bond donors (Lipinski definition) is 2. The molecule has 0 aliphatic carbocycles. The van der Waals surface area contributed by atoms with Crippen molar-refractivity contribution in [3.8, 4) is 0 Å². The van der Waals surface area contributed by atoms with Crippen LogP contribution in [-0.2, 0) is 27.3 Å². The molecule has 1 atom stereocenters. The van der Waals surface area contributed by atoms with Crippen LogP contribution in [0, 0.1) is 16.0 Å². The predicted octanol–water partition coefficient (Wildman–Crippen LogP) is 2.70. The molecule has 3 aromatic rings. The Balaban J connectivity index is 1.19. The first-order valence-corrected chi connectivity index (χ1v) is 13.8. The molecule has 2 aliphatic heterocycles. The summed E-state index contributed by atoms with van der Waals surface area (Å²) in [7, 11) is 0. The molecule has 0 radical (unpaired) electrons. The van der Waals surface area contributed by atoms with E-state index in [-0.39, 0.29) is 28.9 Å². The molecule has 12 nitrogen and oxygen atoms in total. The summed E-state index contributed by atoms with van der Waals surface area (Å²) in [5.41, 5.74) is 3.15. The summed E-state index contributed by atoms with van der Waals surface area (Å²) in [5.74, 6) is -1.83. The molecular weight excluding hydrogens is 528 g/mol. The van der Waals surface area contributed by atoms with Crippen molar-refractivity contribution >= 4 is 28.9 Å². The molecule has 216 valence electrons. The molecule has 12 heteroatoms. The summed E-state index contributed by atoms with van der Waals surface area (Å²) < 4.78 is 7.31. The standard InChI is InChI=1S/C29H34N6O6/c36-28(31-25(29(37)38)16-23-19-32(20-30-23)18-21-4-2-1-3-5-21)22-8-10-34(11-9-22)27-17-24(6-7-26(27)35(39)40)33-12-14-41-15-13-33/h1-7,17,19-20,22,25H,8-16,18H2,(H,31,36)(H,37,38)/t25-/m0/s1. The smallest absolute Gasteiger partial charge is 0.326 e. The van der Waals surface area contributed by atoms with Gasteiger partial charge in [-0.15, -0.1) is 0 Å². The third-order valence-electron chi connectivity index (χ3n) is 7.66. The van der Waals surface area contributed by atoms with Crippen LogP contribution < -0.4 is 15.1 Å². The topological polar surface area (TPSA) is 143 Å². The van der Waals surface area contributed by atoms with Crippen molar-refractivity contribution in [1.82, 2.24) is 14.9 Å². The van der Waals surface area contributed by atoms with Gasteiger partial charge in [0, 0.05) is 63.0 Å². The van der Waals surface area contributed by atoms with E-state index in [1.54, 1.807) is 18.6 Å². The van der Waals surface area contributed by atoms with E-state index in [1.165, 1.54) is 6.07 Å². The third kappa shape index (κ3) is 7.01. The number of ether oxygens (including phenoxy) is 1. The van der Waals surface area contributed by atoms with E-state index in [1.807, 2.05) is 45.9 Å². The number of hydrogen-bond acceptors (Lipinski definition) is 8. The normalized spacial score (nSPS) is 16.8. The quantitative estimate of drug-likeness (QED) is 0.282. The van der Waals surface area contributed by atoms with Crippen molar-refractivity contribution in [3.05, 3.63) is 82.4 Å². The minimum atomic E-state index is -1.12. The Morgan fingerprint density at radius 2 is 1.80 bits per heavy atom. The first kappa shape index (κ1) is 28.1. The molecule has 0 spiro atoms. The molecule has 0 saturated carbocycles. The van der Waals surface area contributed by atoms with Crippen molar-refractivity contribution in [3.63, 3.8) is 0 Å². The number of anilines is 2. The van der Waals surface area contributed by atoms with Gasteiger partial charge < -0.3 is 29.5 Å². The Labute approximate surface area is 237 Å². The molecule has 2 fully saturated rings.